The van der Waals surface area contributed by atoms with E-state index in [4.69, 9.17) is 14.2 Å². The van der Waals surface area contributed by atoms with Gasteiger partial charge in [-0.25, -0.2) is 4.79 Å². The molecule has 0 spiro atoms. The van der Waals surface area contributed by atoms with Crippen LogP contribution in [0.4, 0.5) is 0 Å². The smallest absolute Gasteiger partial charge is 0.344 e. The third kappa shape index (κ3) is 2.95. The molecule has 0 amide bonds. The Bertz CT molecular complexity index is 525. The molecule has 0 N–H and O–H groups in total. The maximum Gasteiger partial charge on any atom is 0.344 e. The molecule has 128 valence electrons. The molecule has 5 atom stereocenters. The normalized spacial score (nSPS) is 34.9. The number of fused-ring (bicyclic) bond motifs is 1. The van der Waals surface area contributed by atoms with Crippen molar-refractivity contribution in [3.63, 3.8) is 0 Å². The molecule has 23 heavy (non-hydrogen) atoms. The molecule has 2 saturated carbocycles. The van der Waals surface area contributed by atoms with Gasteiger partial charge in [-0.2, -0.15) is 0 Å². The highest BCUT2D eigenvalue weighted by molar-refractivity contribution is 5.80. The Kier molecular flexibility index (Phi) is 4.10. The van der Waals surface area contributed by atoms with Gasteiger partial charge < -0.3 is 14.2 Å². The molecule has 1 saturated heterocycles. The van der Waals surface area contributed by atoms with Gasteiger partial charge in [-0.15, -0.1) is 0 Å². The van der Waals surface area contributed by atoms with Crippen molar-refractivity contribution in [2.45, 2.75) is 58.7 Å². The first-order chi connectivity index (χ1) is 10.8. The molecule has 5 unspecified atom stereocenters. The molecule has 2 aliphatic carbocycles. The molecule has 1 heterocycles. The zero-order chi connectivity index (χ0) is 16.8. The second-order valence-electron chi connectivity index (χ2n) is 7.59. The van der Waals surface area contributed by atoms with Crippen molar-refractivity contribution in [2.24, 2.45) is 23.2 Å². The lowest BCUT2D eigenvalue weighted by Gasteiger charge is -2.32. The van der Waals surface area contributed by atoms with Crippen LogP contribution in [0.5, 0.6) is 0 Å². The molecule has 6 nitrogen and oxygen atoms in total. The highest BCUT2D eigenvalue weighted by Crippen LogP contribution is 2.52. The van der Waals surface area contributed by atoms with Crippen LogP contribution in [-0.4, -0.2) is 36.7 Å². The molecule has 0 aromatic rings. The number of hydrogen-bond donors (Lipinski definition) is 0. The summed E-state index contributed by atoms with van der Waals surface area (Å²) in [6.45, 7) is 5.05. The van der Waals surface area contributed by atoms with Gasteiger partial charge in [-0.3, -0.25) is 9.59 Å². The van der Waals surface area contributed by atoms with E-state index in [0.29, 0.717) is 12.3 Å². The van der Waals surface area contributed by atoms with Crippen molar-refractivity contribution in [3.05, 3.63) is 0 Å². The van der Waals surface area contributed by atoms with Crippen molar-refractivity contribution >= 4 is 17.9 Å². The summed E-state index contributed by atoms with van der Waals surface area (Å²) in [7, 11) is 0. The molecule has 0 aromatic carbocycles. The molecule has 3 fully saturated rings. The summed E-state index contributed by atoms with van der Waals surface area (Å²) in [4.78, 5) is 35.7. The molecule has 0 radical (unpaired) electrons. The highest BCUT2D eigenvalue weighted by atomic mass is 16.6. The van der Waals surface area contributed by atoms with E-state index in [1.807, 2.05) is 6.92 Å². The fraction of sp³-hybridized carbons (Fsp3) is 0.824. The van der Waals surface area contributed by atoms with Gasteiger partial charge in [0, 0.05) is 5.92 Å². The Hall–Kier alpha value is -1.59. The lowest BCUT2D eigenvalue weighted by molar-refractivity contribution is -0.176. The minimum absolute atomic E-state index is 0.0168. The van der Waals surface area contributed by atoms with Crippen molar-refractivity contribution in [1.82, 2.24) is 0 Å². The predicted molar refractivity (Wildman–Crippen MR) is 79.1 cm³/mol. The Morgan fingerprint density at radius 1 is 1.26 bits per heavy atom. The summed E-state index contributed by atoms with van der Waals surface area (Å²) in [6.07, 6.45) is 2.46. The first-order valence-electron chi connectivity index (χ1n) is 8.39. The zero-order valence-corrected chi connectivity index (χ0v) is 13.9. The molecule has 2 bridgehead atoms. The second-order valence-corrected chi connectivity index (χ2v) is 7.59. The molecule has 1 aliphatic heterocycles. The van der Waals surface area contributed by atoms with E-state index in [1.54, 1.807) is 13.8 Å². The van der Waals surface area contributed by atoms with Gasteiger partial charge in [0.25, 0.3) is 0 Å². The van der Waals surface area contributed by atoms with Crippen LogP contribution in [0.15, 0.2) is 0 Å². The van der Waals surface area contributed by atoms with E-state index in [9.17, 15) is 14.4 Å². The maximum absolute atomic E-state index is 12.0. The number of rotatable bonds is 5. The average Bonchev–Trinajstić information content (AvgIpc) is 3.00. The topological polar surface area (TPSA) is 78.9 Å². The Balaban J connectivity index is 1.53. The van der Waals surface area contributed by atoms with Gasteiger partial charge in [-0.05, 0) is 45.4 Å². The minimum atomic E-state index is -0.613. The van der Waals surface area contributed by atoms with Gasteiger partial charge in [0.15, 0.2) is 6.61 Å². The first kappa shape index (κ1) is 16.3. The van der Waals surface area contributed by atoms with Crippen LogP contribution in [0.25, 0.3) is 0 Å². The Morgan fingerprint density at radius 3 is 2.70 bits per heavy atom. The van der Waals surface area contributed by atoms with E-state index in [0.717, 1.165) is 19.3 Å². The van der Waals surface area contributed by atoms with Gasteiger partial charge in [-0.1, -0.05) is 6.92 Å². The summed E-state index contributed by atoms with van der Waals surface area (Å²) in [6, 6.07) is 0. The summed E-state index contributed by atoms with van der Waals surface area (Å²) in [5.41, 5.74) is -0.613. The van der Waals surface area contributed by atoms with E-state index in [-0.39, 0.29) is 23.9 Å². The van der Waals surface area contributed by atoms with Gasteiger partial charge in [0.1, 0.15) is 12.2 Å². The monoisotopic (exact) mass is 324 g/mol. The Labute approximate surface area is 135 Å². The van der Waals surface area contributed by atoms with Crippen LogP contribution in [-0.2, 0) is 28.6 Å². The number of hydrogen-bond acceptors (Lipinski definition) is 6. The lowest BCUT2D eigenvalue weighted by Crippen LogP contribution is -2.41. The third-order valence-corrected chi connectivity index (χ3v) is 5.66. The van der Waals surface area contributed by atoms with E-state index in [2.05, 4.69) is 0 Å². The van der Waals surface area contributed by atoms with Gasteiger partial charge >= 0.3 is 17.9 Å². The van der Waals surface area contributed by atoms with E-state index >= 15 is 0 Å². The van der Waals surface area contributed by atoms with Crippen LogP contribution in [0.3, 0.4) is 0 Å². The summed E-state index contributed by atoms with van der Waals surface area (Å²) in [5.74, 6) is -0.547. The predicted octanol–water partition coefficient (Wildman–Crippen LogP) is 1.85. The van der Waals surface area contributed by atoms with Gasteiger partial charge in [0.2, 0.25) is 0 Å². The van der Waals surface area contributed by atoms with Crippen molar-refractivity contribution < 1.29 is 28.6 Å². The fourth-order valence-electron chi connectivity index (χ4n) is 3.91. The maximum atomic E-state index is 12.0. The van der Waals surface area contributed by atoms with Crippen molar-refractivity contribution in [3.8, 4) is 0 Å². The molecule has 6 heteroatoms. The van der Waals surface area contributed by atoms with E-state index < -0.39 is 30.1 Å². The molecular formula is C17H24O6. The minimum Gasteiger partial charge on any atom is -0.458 e. The largest absolute Gasteiger partial charge is 0.458 e. The standard InChI is InChI=1S/C17H24O6/c1-4-17(2,3)16(20)21-8-13(18)22-12-7-9-5-10-11(6-9)15(19)23-14(10)12/h9-12,14H,4-8H2,1-3H3. The second kappa shape index (κ2) is 5.80. The highest BCUT2D eigenvalue weighted by Gasteiger charge is 2.58. The van der Waals surface area contributed by atoms with Crippen LogP contribution in [0.1, 0.15) is 46.5 Å². The van der Waals surface area contributed by atoms with Crippen LogP contribution in [0, 0.1) is 23.2 Å². The fourth-order valence-corrected chi connectivity index (χ4v) is 3.91. The lowest BCUT2D eigenvalue weighted by atomic mass is 9.84. The van der Waals surface area contributed by atoms with Crippen LogP contribution in [0.2, 0.25) is 0 Å². The zero-order valence-electron chi connectivity index (χ0n) is 13.9. The van der Waals surface area contributed by atoms with Crippen molar-refractivity contribution in [1.29, 1.82) is 0 Å². The summed E-state index contributed by atoms with van der Waals surface area (Å²) < 4.78 is 15.9. The number of carbonyl (C=O) groups excluding carboxylic acids is 3. The number of carbonyl (C=O) groups is 3. The summed E-state index contributed by atoms with van der Waals surface area (Å²) in [5, 5.41) is 0. The SMILES string of the molecule is CCC(C)(C)C(=O)OCC(=O)OC1CC2CC3C(=O)OC1C3C2. The van der Waals surface area contributed by atoms with Gasteiger partial charge in [0.05, 0.1) is 11.3 Å². The van der Waals surface area contributed by atoms with Crippen LogP contribution >= 0.6 is 0 Å². The van der Waals surface area contributed by atoms with Crippen molar-refractivity contribution in [2.75, 3.05) is 6.61 Å². The number of esters is 3. The van der Waals surface area contributed by atoms with Crippen LogP contribution < -0.4 is 0 Å². The average molecular weight is 324 g/mol. The van der Waals surface area contributed by atoms with E-state index in [1.165, 1.54) is 0 Å². The number of ether oxygens (including phenoxy) is 3. The molecule has 3 aliphatic rings. The third-order valence-electron chi connectivity index (χ3n) is 5.66. The quantitative estimate of drug-likeness (QED) is 0.567. The molecular weight excluding hydrogens is 300 g/mol. The molecule has 0 aromatic heterocycles. The first-order valence-corrected chi connectivity index (χ1v) is 8.39. The summed E-state index contributed by atoms with van der Waals surface area (Å²) >= 11 is 0. The molecule has 3 rings (SSSR count). The Morgan fingerprint density at radius 2 is 2.00 bits per heavy atom.